The van der Waals surface area contributed by atoms with Gasteiger partial charge in [-0.2, -0.15) is 0 Å². The van der Waals surface area contributed by atoms with E-state index in [9.17, 15) is 4.79 Å². The number of aromatic nitrogens is 3. The molecule has 29 heavy (non-hydrogen) atoms. The van der Waals surface area contributed by atoms with Crippen molar-refractivity contribution in [1.29, 1.82) is 0 Å². The summed E-state index contributed by atoms with van der Waals surface area (Å²) in [6.45, 7) is 3.94. The van der Waals surface area contributed by atoms with Crippen molar-refractivity contribution in [1.82, 2.24) is 15.0 Å². The summed E-state index contributed by atoms with van der Waals surface area (Å²) in [7, 11) is 0. The summed E-state index contributed by atoms with van der Waals surface area (Å²) in [6, 6.07) is 10.7. The van der Waals surface area contributed by atoms with E-state index in [2.05, 4.69) is 15.0 Å². The average Bonchev–Trinajstić information content (AvgIpc) is 3.22. The Hall–Kier alpha value is -3.61. The predicted octanol–water partition coefficient (Wildman–Crippen LogP) is 3.74. The minimum atomic E-state index is -0.602. The Bertz CT molecular complexity index is 1240. The van der Waals surface area contributed by atoms with Gasteiger partial charge in [0, 0.05) is 48.0 Å². The third-order valence-electron chi connectivity index (χ3n) is 5.15. The van der Waals surface area contributed by atoms with Crippen LogP contribution >= 0.6 is 0 Å². The second-order valence-corrected chi connectivity index (χ2v) is 7.61. The van der Waals surface area contributed by atoms with Crippen LogP contribution in [0.3, 0.4) is 0 Å². The summed E-state index contributed by atoms with van der Waals surface area (Å²) in [6.07, 6.45) is 5.61. The lowest BCUT2D eigenvalue weighted by atomic mass is 9.90. The van der Waals surface area contributed by atoms with E-state index < -0.39 is 5.60 Å². The minimum Gasteiger partial charge on any atom is -0.484 e. The molecule has 0 unspecified atom stereocenters. The van der Waals surface area contributed by atoms with E-state index in [1.165, 1.54) is 12.4 Å². The Morgan fingerprint density at radius 3 is 2.90 bits per heavy atom. The van der Waals surface area contributed by atoms with Gasteiger partial charge in [0.05, 0.1) is 5.69 Å². The zero-order chi connectivity index (χ0) is 20.0. The highest BCUT2D eigenvalue weighted by Gasteiger charge is 2.39. The molecular formula is C22H19N3O4. The SMILES string of the molecule is CC1(C)Oc2cc3oc(=O)ccc3cc2C[C@@H]1Oc1cc(-c2cc[nH]c2)ncn1. The van der Waals surface area contributed by atoms with Crippen molar-refractivity contribution in [2.75, 3.05) is 0 Å². The van der Waals surface area contributed by atoms with Crippen LogP contribution in [0.2, 0.25) is 0 Å². The standard InChI is InChI=1S/C22H19N3O4/c1-22(2)19(28-20-9-16(24-12-25-20)14-5-6-23-11-14)8-15-7-13-3-4-21(26)27-17(13)10-18(15)29-22/h3-7,9-12,19,23H,8H2,1-2H3/t19-/m0/s1. The van der Waals surface area contributed by atoms with Gasteiger partial charge >= 0.3 is 5.63 Å². The smallest absolute Gasteiger partial charge is 0.336 e. The summed E-state index contributed by atoms with van der Waals surface area (Å²) >= 11 is 0. The van der Waals surface area contributed by atoms with E-state index in [0.29, 0.717) is 23.6 Å². The second-order valence-electron chi connectivity index (χ2n) is 7.61. The summed E-state index contributed by atoms with van der Waals surface area (Å²) < 4.78 is 17.7. The molecule has 1 aromatic carbocycles. The predicted molar refractivity (Wildman–Crippen MR) is 107 cm³/mol. The van der Waals surface area contributed by atoms with Crippen molar-refractivity contribution in [2.45, 2.75) is 32.0 Å². The Kier molecular flexibility index (Phi) is 3.91. The van der Waals surface area contributed by atoms with E-state index in [1.54, 1.807) is 12.1 Å². The zero-order valence-electron chi connectivity index (χ0n) is 16.0. The monoisotopic (exact) mass is 389 g/mol. The van der Waals surface area contributed by atoms with Crippen LogP contribution < -0.4 is 15.1 Å². The van der Waals surface area contributed by atoms with E-state index in [4.69, 9.17) is 13.9 Å². The van der Waals surface area contributed by atoms with Gasteiger partial charge < -0.3 is 18.9 Å². The fourth-order valence-electron chi connectivity index (χ4n) is 3.57. The van der Waals surface area contributed by atoms with Gasteiger partial charge in [0.25, 0.3) is 0 Å². The number of nitrogens with zero attached hydrogens (tertiary/aromatic N) is 2. The molecule has 0 aliphatic carbocycles. The van der Waals surface area contributed by atoms with Crippen molar-refractivity contribution < 1.29 is 13.9 Å². The van der Waals surface area contributed by atoms with Crippen LogP contribution in [0, 0.1) is 0 Å². The lowest BCUT2D eigenvalue weighted by molar-refractivity contribution is -0.0287. The molecule has 1 aliphatic heterocycles. The third kappa shape index (κ3) is 3.24. The number of H-pyrrole nitrogens is 1. The van der Waals surface area contributed by atoms with Gasteiger partial charge in [-0.3, -0.25) is 0 Å². The van der Waals surface area contributed by atoms with Crippen LogP contribution in [0.15, 0.2) is 64.3 Å². The third-order valence-corrected chi connectivity index (χ3v) is 5.15. The van der Waals surface area contributed by atoms with E-state index in [-0.39, 0.29) is 11.7 Å². The van der Waals surface area contributed by atoms with Crippen LogP contribution in [-0.4, -0.2) is 26.7 Å². The number of aromatic amines is 1. The molecular weight excluding hydrogens is 370 g/mol. The second kappa shape index (κ2) is 6.48. The molecule has 0 radical (unpaired) electrons. The lowest BCUT2D eigenvalue weighted by Crippen LogP contribution is -2.49. The summed E-state index contributed by atoms with van der Waals surface area (Å²) in [5.41, 5.74) is 2.28. The van der Waals surface area contributed by atoms with E-state index in [0.717, 1.165) is 22.2 Å². The number of benzene rings is 1. The van der Waals surface area contributed by atoms with Crippen LogP contribution in [0.1, 0.15) is 19.4 Å². The quantitative estimate of drug-likeness (QED) is 0.537. The van der Waals surface area contributed by atoms with Crippen molar-refractivity contribution in [3.8, 4) is 22.9 Å². The zero-order valence-corrected chi connectivity index (χ0v) is 16.0. The number of hydrogen-bond acceptors (Lipinski definition) is 6. The molecule has 4 aromatic rings. The normalized spacial score (nSPS) is 17.5. The first kappa shape index (κ1) is 17.5. The lowest BCUT2D eigenvalue weighted by Gasteiger charge is -2.39. The highest BCUT2D eigenvalue weighted by atomic mass is 16.6. The maximum absolute atomic E-state index is 11.5. The van der Waals surface area contributed by atoms with Gasteiger partial charge in [-0.05, 0) is 37.6 Å². The fourth-order valence-corrected chi connectivity index (χ4v) is 3.57. The summed E-state index contributed by atoms with van der Waals surface area (Å²) in [4.78, 5) is 23.1. The molecule has 0 bridgehead atoms. The van der Waals surface area contributed by atoms with Crippen molar-refractivity contribution in [3.05, 3.63) is 71.1 Å². The molecule has 7 heteroatoms. The first-order valence-electron chi connectivity index (χ1n) is 9.36. The van der Waals surface area contributed by atoms with Crippen molar-refractivity contribution in [2.24, 2.45) is 0 Å². The van der Waals surface area contributed by atoms with Crippen molar-refractivity contribution in [3.63, 3.8) is 0 Å². The molecule has 1 atom stereocenters. The maximum Gasteiger partial charge on any atom is 0.336 e. The van der Waals surface area contributed by atoms with Crippen LogP contribution in [0.5, 0.6) is 11.6 Å². The summed E-state index contributed by atoms with van der Waals surface area (Å²) in [5, 5.41) is 0.849. The molecule has 0 saturated heterocycles. The Morgan fingerprint density at radius 2 is 2.07 bits per heavy atom. The molecule has 0 spiro atoms. The van der Waals surface area contributed by atoms with Crippen LogP contribution in [0.4, 0.5) is 0 Å². The molecule has 0 amide bonds. The topological polar surface area (TPSA) is 90.2 Å². The van der Waals surface area contributed by atoms with Gasteiger partial charge in [0.1, 0.15) is 29.4 Å². The number of hydrogen-bond donors (Lipinski definition) is 1. The highest BCUT2D eigenvalue weighted by Crippen LogP contribution is 2.37. The van der Waals surface area contributed by atoms with Crippen LogP contribution in [0.25, 0.3) is 22.2 Å². The highest BCUT2D eigenvalue weighted by molar-refractivity contribution is 5.79. The molecule has 146 valence electrons. The molecule has 0 fully saturated rings. The van der Waals surface area contributed by atoms with E-state index in [1.807, 2.05) is 44.4 Å². The Morgan fingerprint density at radius 1 is 1.17 bits per heavy atom. The Labute approximate surface area is 166 Å². The van der Waals surface area contributed by atoms with Gasteiger partial charge in [-0.15, -0.1) is 0 Å². The molecule has 1 aliphatic rings. The van der Waals surface area contributed by atoms with Crippen LogP contribution in [-0.2, 0) is 6.42 Å². The first-order chi connectivity index (χ1) is 14.0. The number of rotatable bonds is 3. The van der Waals surface area contributed by atoms with Gasteiger partial charge in [0.2, 0.25) is 5.88 Å². The maximum atomic E-state index is 11.5. The van der Waals surface area contributed by atoms with Crippen molar-refractivity contribution >= 4 is 11.0 Å². The van der Waals surface area contributed by atoms with Gasteiger partial charge in [-0.25, -0.2) is 14.8 Å². The molecule has 0 saturated carbocycles. The molecule has 1 N–H and O–H groups in total. The number of ether oxygens (including phenoxy) is 2. The molecule has 4 heterocycles. The largest absolute Gasteiger partial charge is 0.484 e. The van der Waals surface area contributed by atoms with Gasteiger partial charge in [0.15, 0.2) is 0 Å². The number of nitrogens with one attached hydrogen (secondary N) is 1. The molecule has 3 aromatic heterocycles. The van der Waals surface area contributed by atoms with E-state index >= 15 is 0 Å². The van der Waals surface area contributed by atoms with Gasteiger partial charge in [-0.1, -0.05) is 0 Å². The minimum absolute atomic E-state index is 0.253. The average molecular weight is 389 g/mol. The molecule has 7 nitrogen and oxygen atoms in total. The number of fused-ring (bicyclic) bond motifs is 2. The Balaban J connectivity index is 1.47. The first-order valence-corrected chi connectivity index (χ1v) is 9.36. The summed E-state index contributed by atoms with van der Waals surface area (Å²) in [5.74, 6) is 1.19. The fraction of sp³-hybridized carbons (Fsp3) is 0.227. The molecule has 5 rings (SSSR count).